The average molecular weight is 221 g/mol. The molecule has 0 aromatic carbocycles. The number of aromatic nitrogens is 1. The summed E-state index contributed by atoms with van der Waals surface area (Å²) in [7, 11) is 0. The zero-order chi connectivity index (χ0) is 12.0. The maximum atomic E-state index is 4.24. The topological polar surface area (TPSA) is 37.0 Å². The van der Waals surface area contributed by atoms with Gasteiger partial charge in [0.15, 0.2) is 0 Å². The van der Waals surface area contributed by atoms with Crippen LogP contribution >= 0.6 is 0 Å². The highest BCUT2D eigenvalue weighted by Gasteiger charge is 2.06. The summed E-state index contributed by atoms with van der Waals surface area (Å²) in [6.45, 7) is 10.8. The molecule has 1 unspecified atom stereocenters. The van der Waals surface area contributed by atoms with E-state index in [-0.39, 0.29) is 0 Å². The van der Waals surface area contributed by atoms with Crippen molar-refractivity contribution in [3.05, 3.63) is 18.3 Å². The lowest BCUT2D eigenvalue weighted by Gasteiger charge is -2.17. The summed E-state index contributed by atoms with van der Waals surface area (Å²) in [5.74, 6) is 2.32. The quantitative estimate of drug-likeness (QED) is 0.774. The molecule has 0 aliphatic rings. The van der Waals surface area contributed by atoms with Crippen molar-refractivity contribution in [2.45, 2.75) is 27.7 Å². The van der Waals surface area contributed by atoms with Gasteiger partial charge in [0.25, 0.3) is 0 Å². The van der Waals surface area contributed by atoms with Crippen molar-refractivity contribution in [2.75, 3.05) is 23.7 Å². The van der Waals surface area contributed by atoms with E-state index in [9.17, 15) is 0 Å². The lowest BCUT2D eigenvalue weighted by atomic mass is 9.98. The van der Waals surface area contributed by atoms with E-state index in [1.165, 1.54) is 0 Å². The van der Waals surface area contributed by atoms with Gasteiger partial charge in [0, 0.05) is 31.0 Å². The van der Waals surface area contributed by atoms with E-state index in [1.807, 2.05) is 12.3 Å². The van der Waals surface area contributed by atoms with E-state index in [1.54, 1.807) is 0 Å². The fourth-order valence-electron chi connectivity index (χ4n) is 1.33. The van der Waals surface area contributed by atoms with Crippen LogP contribution in [0.3, 0.4) is 0 Å². The summed E-state index contributed by atoms with van der Waals surface area (Å²) in [5.41, 5.74) is 1.14. The Morgan fingerprint density at radius 1 is 1.25 bits per heavy atom. The summed E-state index contributed by atoms with van der Waals surface area (Å²) < 4.78 is 0. The van der Waals surface area contributed by atoms with Gasteiger partial charge in [0.2, 0.25) is 0 Å². The van der Waals surface area contributed by atoms with Crippen LogP contribution in [-0.4, -0.2) is 18.1 Å². The average Bonchev–Trinajstić information content (AvgIpc) is 2.26. The number of nitrogens with one attached hydrogen (secondary N) is 2. The molecule has 0 spiro atoms. The van der Waals surface area contributed by atoms with Crippen LogP contribution in [0.1, 0.15) is 27.7 Å². The molecule has 0 saturated heterocycles. The monoisotopic (exact) mass is 221 g/mol. The van der Waals surface area contributed by atoms with E-state index >= 15 is 0 Å². The Morgan fingerprint density at radius 3 is 2.62 bits per heavy atom. The van der Waals surface area contributed by atoms with Gasteiger partial charge < -0.3 is 10.6 Å². The molecule has 0 bridgehead atoms. The Morgan fingerprint density at radius 2 is 2.00 bits per heavy atom. The Hall–Kier alpha value is -1.25. The van der Waals surface area contributed by atoms with Crippen LogP contribution in [0.25, 0.3) is 0 Å². The van der Waals surface area contributed by atoms with Gasteiger partial charge in [-0.15, -0.1) is 0 Å². The number of pyridine rings is 1. The largest absolute Gasteiger partial charge is 0.385 e. The molecule has 0 radical (unpaired) electrons. The third kappa shape index (κ3) is 4.09. The van der Waals surface area contributed by atoms with Crippen LogP contribution < -0.4 is 10.6 Å². The molecule has 1 aromatic rings. The van der Waals surface area contributed by atoms with Crippen LogP contribution in [0.15, 0.2) is 18.3 Å². The SMILES string of the molecule is CCNc1cc(NCC(C)C(C)C)ccn1. The summed E-state index contributed by atoms with van der Waals surface area (Å²) in [4.78, 5) is 4.24. The predicted octanol–water partition coefficient (Wildman–Crippen LogP) is 3.22. The molecular formula is C13H23N3. The van der Waals surface area contributed by atoms with Crippen LogP contribution in [0.4, 0.5) is 11.5 Å². The zero-order valence-electron chi connectivity index (χ0n) is 10.7. The molecule has 16 heavy (non-hydrogen) atoms. The first kappa shape index (κ1) is 12.8. The van der Waals surface area contributed by atoms with Crippen molar-refractivity contribution < 1.29 is 0 Å². The van der Waals surface area contributed by atoms with Crippen LogP contribution in [-0.2, 0) is 0 Å². The highest BCUT2D eigenvalue weighted by Crippen LogP contribution is 2.14. The first-order valence-electron chi connectivity index (χ1n) is 6.07. The molecule has 90 valence electrons. The number of hydrogen-bond donors (Lipinski definition) is 2. The van der Waals surface area contributed by atoms with Crippen molar-refractivity contribution >= 4 is 11.5 Å². The Kier molecular flexibility index (Phi) is 5.09. The Labute approximate surface area is 98.7 Å². The van der Waals surface area contributed by atoms with Crippen LogP contribution in [0, 0.1) is 11.8 Å². The van der Waals surface area contributed by atoms with E-state index in [2.05, 4.69) is 49.4 Å². The molecule has 0 saturated carbocycles. The summed E-state index contributed by atoms with van der Waals surface area (Å²) in [6.07, 6.45) is 1.83. The van der Waals surface area contributed by atoms with Gasteiger partial charge in [-0.3, -0.25) is 0 Å². The first-order valence-corrected chi connectivity index (χ1v) is 6.07. The molecular weight excluding hydrogens is 198 g/mol. The van der Waals surface area contributed by atoms with Gasteiger partial charge in [0.1, 0.15) is 5.82 Å². The maximum Gasteiger partial charge on any atom is 0.127 e. The first-order chi connectivity index (χ1) is 7.63. The number of anilines is 2. The van der Waals surface area contributed by atoms with Crippen molar-refractivity contribution in [1.29, 1.82) is 0 Å². The second kappa shape index (κ2) is 6.36. The van der Waals surface area contributed by atoms with Gasteiger partial charge >= 0.3 is 0 Å². The fourth-order valence-corrected chi connectivity index (χ4v) is 1.33. The summed E-state index contributed by atoms with van der Waals surface area (Å²) in [5, 5.41) is 6.65. The highest BCUT2D eigenvalue weighted by molar-refractivity contribution is 5.51. The van der Waals surface area contributed by atoms with Crippen LogP contribution in [0.2, 0.25) is 0 Å². The number of hydrogen-bond acceptors (Lipinski definition) is 3. The van der Waals surface area contributed by atoms with Gasteiger partial charge in [-0.1, -0.05) is 20.8 Å². The molecule has 0 amide bonds. The molecule has 0 aliphatic carbocycles. The Balaban J connectivity index is 2.50. The van der Waals surface area contributed by atoms with Crippen molar-refractivity contribution in [3.8, 4) is 0 Å². The van der Waals surface area contributed by atoms with Gasteiger partial charge in [-0.2, -0.15) is 0 Å². The number of rotatable bonds is 6. The van der Waals surface area contributed by atoms with Crippen molar-refractivity contribution in [3.63, 3.8) is 0 Å². The van der Waals surface area contributed by atoms with E-state index in [0.29, 0.717) is 11.8 Å². The smallest absolute Gasteiger partial charge is 0.127 e. The second-order valence-electron chi connectivity index (χ2n) is 4.56. The van der Waals surface area contributed by atoms with Gasteiger partial charge in [-0.05, 0) is 24.8 Å². The third-order valence-corrected chi connectivity index (χ3v) is 2.88. The molecule has 1 rings (SSSR count). The second-order valence-corrected chi connectivity index (χ2v) is 4.56. The molecule has 3 heteroatoms. The van der Waals surface area contributed by atoms with Crippen molar-refractivity contribution in [2.24, 2.45) is 11.8 Å². The van der Waals surface area contributed by atoms with E-state index < -0.39 is 0 Å². The minimum atomic E-state index is 0.677. The molecule has 1 atom stereocenters. The highest BCUT2D eigenvalue weighted by atomic mass is 15.0. The fraction of sp³-hybridized carbons (Fsp3) is 0.615. The molecule has 0 fully saturated rings. The lowest BCUT2D eigenvalue weighted by molar-refractivity contribution is 0.440. The van der Waals surface area contributed by atoms with E-state index in [4.69, 9.17) is 0 Å². The minimum Gasteiger partial charge on any atom is -0.385 e. The summed E-state index contributed by atoms with van der Waals surface area (Å²) in [6, 6.07) is 4.06. The normalized spacial score (nSPS) is 12.6. The maximum absolute atomic E-state index is 4.24. The number of nitrogens with zero attached hydrogens (tertiary/aromatic N) is 1. The Bertz CT molecular complexity index is 310. The predicted molar refractivity (Wildman–Crippen MR) is 70.9 cm³/mol. The molecule has 3 nitrogen and oxygen atoms in total. The molecule has 1 aromatic heterocycles. The summed E-state index contributed by atoms with van der Waals surface area (Å²) >= 11 is 0. The lowest BCUT2D eigenvalue weighted by Crippen LogP contribution is -2.16. The van der Waals surface area contributed by atoms with Gasteiger partial charge in [0.05, 0.1) is 0 Å². The molecule has 0 aliphatic heterocycles. The van der Waals surface area contributed by atoms with Gasteiger partial charge in [-0.25, -0.2) is 4.98 Å². The molecule has 2 N–H and O–H groups in total. The van der Waals surface area contributed by atoms with Crippen LogP contribution in [0.5, 0.6) is 0 Å². The minimum absolute atomic E-state index is 0.677. The third-order valence-electron chi connectivity index (χ3n) is 2.88. The standard InChI is InChI=1S/C13H23N3/c1-5-14-13-8-12(6-7-15-13)16-9-11(4)10(2)3/h6-8,10-11H,5,9H2,1-4H3,(H2,14,15,16). The van der Waals surface area contributed by atoms with Crippen molar-refractivity contribution in [1.82, 2.24) is 4.98 Å². The van der Waals surface area contributed by atoms with E-state index in [0.717, 1.165) is 24.6 Å². The molecule has 1 heterocycles. The zero-order valence-corrected chi connectivity index (χ0v) is 10.7.